The molecule has 2 aromatic carbocycles. The summed E-state index contributed by atoms with van der Waals surface area (Å²) in [5.41, 5.74) is 0.497. The molecule has 6 nitrogen and oxygen atoms in total. The minimum Gasteiger partial charge on any atom is -0.381 e. The Bertz CT molecular complexity index is 979. The summed E-state index contributed by atoms with van der Waals surface area (Å²) in [5.74, 6) is 0. The molecule has 0 bridgehead atoms. The smallest absolute Gasteiger partial charge is 0.241 e. The van der Waals surface area contributed by atoms with E-state index in [9.17, 15) is 16.8 Å². The first-order valence-electron chi connectivity index (χ1n) is 8.31. The van der Waals surface area contributed by atoms with Gasteiger partial charge in [0.25, 0.3) is 0 Å². The first-order chi connectivity index (χ1) is 12.3. The summed E-state index contributed by atoms with van der Waals surface area (Å²) in [6, 6.07) is 12.0. The van der Waals surface area contributed by atoms with Crippen molar-refractivity contribution in [2.24, 2.45) is 0 Å². The molecule has 0 aromatic heterocycles. The van der Waals surface area contributed by atoms with Crippen molar-refractivity contribution in [1.82, 2.24) is 4.72 Å². The van der Waals surface area contributed by atoms with E-state index in [1.165, 1.54) is 30.3 Å². The van der Waals surface area contributed by atoms with E-state index in [0.717, 1.165) is 0 Å². The fourth-order valence-electron chi connectivity index (χ4n) is 2.87. The van der Waals surface area contributed by atoms with Gasteiger partial charge in [0.15, 0.2) is 0 Å². The van der Waals surface area contributed by atoms with Gasteiger partial charge in [-0.15, -0.1) is 0 Å². The average Bonchev–Trinajstić information content (AvgIpc) is 2.63. The van der Waals surface area contributed by atoms with Gasteiger partial charge in [-0.1, -0.05) is 24.3 Å². The van der Waals surface area contributed by atoms with E-state index in [-0.39, 0.29) is 20.7 Å². The fraction of sp³-hybridized carbons (Fsp3) is 0.333. The molecule has 0 saturated carbocycles. The number of sulfonamides is 1. The number of rotatable bonds is 5. The highest BCUT2D eigenvalue weighted by Gasteiger charge is 2.26. The lowest BCUT2D eigenvalue weighted by atomic mass is 10.1. The Kier molecular flexibility index (Phi) is 5.47. The molecule has 0 spiro atoms. The van der Waals surface area contributed by atoms with Crippen molar-refractivity contribution in [3.05, 3.63) is 54.1 Å². The SMILES string of the molecule is Cc1ccc(S(=O)(=O)c2ccccc2)cc1S(=O)(=O)NC1CCOCC1. The Balaban J connectivity index is 1.97. The Labute approximate surface area is 154 Å². The van der Waals surface area contributed by atoms with E-state index >= 15 is 0 Å². The van der Waals surface area contributed by atoms with Gasteiger partial charge >= 0.3 is 0 Å². The van der Waals surface area contributed by atoms with Crippen molar-refractivity contribution in [1.29, 1.82) is 0 Å². The minimum absolute atomic E-state index is 0.0130. The maximum absolute atomic E-state index is 12.8. The highest BCUT2D eigenvalue weighted by atomic mass is 32.2. The summed E-state index contributed by atoms with van der Waals surface area (Å²) >= 11 is 0. The largest absolute Gasteiger partial charge is 0.381 e. The summed E-state index contributed by atoms with van der Waals surface area (Å²) in [7, 11) is -7.61. The molecule has 0 atom stereocenters. The third-order valence-corrected chi connectivity index (χ3v) is 7.79. The summed E-state index contributed by atoms with van der Waals surface area (Å²) in [5, 5.41) is 0. The molecule has 0 amide bonds. The van der Waals surface area contributed by atoms with Crippen LogP contribution >= 0.6 is 0 Å². The summed E-state index contributed by atoms with van der Waals surface area (Å²) in [6.07, 6.45) is 1.20. The molecule has 1 aliphatic rings. The van der Waals surface area contributed by atoms with Gasteiger partial charge in [0.2, 0.25) is 19.9 Å². The Morgan fingerprint density at radius 2 is 1.58 bits per heavy atom. The van der Waals surface area contributed by atoms with E-state index in [4.69, 9.17) is 4.74 Å². The molecule has 1 N–H and O–H groups in total. The topological polar surface area (TPSA) is 89.5 Å². The highest BCUT2D eigenvalue weighted by Crippen LogP contribution is 2.26. The number of ether oxygens (including phenoxy) is 1. The molecule has 0 radical (unpaired) electrons. The van der Waals surface area contributed by atoms with Crippen LogP contribution in [0.3, 0.4) is 0 Å². The lowest BCUT2D eigenvalue weighted by Crippen LogP contribution is -2.39. The first-order valence-corrected chi connectivity index (χ1v) is 11.3. The van der Waals surface area contributed by atoms with Crippen LogP contribution in [0.5, 0.6) is 0 Å². The summed E-state index contributed by atoms with van der Waals surface area (Å²) < 4.78 is 59.1. The van der Waals surface area contributed by atoms with Crippen LogP contribution in [0.2, 0.25) is 0 Å². The number of nitrogens with one attached hydrogen (secondary N) is 1. The zero-order valence-electron chi connectivity index (χ0n) is 14.4. The van der Waals surface area contributed by atoms with Crippen LogP contribution < -0.4 is 4.72 Å². The predicted octanol–water partition coefficient (Wildman–Crippen LogP) is 2.29. The van der Waals surface area contributed by atoms with Gasteiger partial charge in [-0.05, 0) is 49.6 Å². The maximum atomic E-state index is 12.8. The molecule has 3 rings (SSSR count). The summed E-state index contributed by atoms with van der Waals surface area (Å²) in [4.78, 5) is 0.0761. The van der Waals surface area contributed by atoms with Crippen molar-refractivity contribution in [2.75, 3.05) is 13.2 Å². The monoisotopic (exact) mass is 395 g/mol. The minimum atomic E-state index is -3.83. The molecule has 2 aromatic rings. The fourth-order valence-corrected chi connectivity index (χ4v) is 5.83. The maximum Gasteiger partial charge on any atom is 0.241 e. The molecule has 0 aliphatic carbocycles. The summed E-state index contributed by atoms with van der Waals surface area (Å²) in [6.45, 7) is 2.67. The number of sulfone groups is 1. The van der Waals surface area contributed by atoms with Gasteiger partial charge in [-0.3, -0.25) is 0 Å². The number of benzene rings is 2. The second-order valence-corrected chi connectivity index (χ2v) is 9.88. The van der Waals surface area contributed by atoms with E-state index in [0.29, 0.717) is 31.6 Å². The molecule has 1 aliphatic heterocycles. The molecule has 1 saturated heterocycles. The Morgan fingerprint density at radius 1 is 0.923 bits per heavy atom. The van der Waals surface area contributed by atoms with Crippen molar-refractivity contribution in [3.63, 3.8) is 0 Å². The van der Waals surface area contributed by atoms with E-state index < -0.39 is 19.9 Å². The van der Waals surface area contributed by atoms with Gasteiger partial charge in [-0.25, -0.2) is 21.6 Å². The standard InChI is InChI=1S/C18H21NO5S2/c1-14-7-8-17(25(20,21)16-5-3-2-4-6-16)13-18(14)26(22,23)19-15-9-11-24-12-10-15/h2-8,13,15,19H,9-12H2,1H3. The number of hydrogen-bond donors (Lipinski definition) is 1. The molecule has 1 heterocycles. The third kappa shape index (κ3) is 3.98. The van der Waals surface area contributed by atoms with Crippen LogP contribution in [-0.4, -0.2) is 36.1 Å². The van der Waals surface area contributed by atoms with Crippen LogP contribution in [-0.2, 0) is 24.6 Å². The normalized spacial score (nSPS) is 16.5. The Morgan fingerprint density at radius 3 is 2.23 bits per heavy atom. The highest BCUT2D eigenvalue weighted by molar-refractivity contribution is 7.91. The van der Waals surface area contributed by atoms with Crippen molar-refractivity contribution < 1.29 is 21.6 Å². The van der Waals surface area contributed by atoms with Crippen LogP contribution in [0.4, 0.5) is 0 Å². The first kappa shape index (κ1) is 19.0. The van der Waals surface area contributed by atoms with Crippen LogP contribution in [0.15, 0.2) is 63.2 Å². The lowest BCUT2D eigenvalue weighted by molar-refractivity contribution is 0.0832. The second kappa shape index (κ2) is 7.48. The van der Waals surface area contributed by atoms with Crippen molar-refractivity contribution in [2.45, 2.75) is 40.5 Å². The van der Waals surface area contributed by atoms with E-state index in [1.807, 2.05) is 0 Å². The van der Waals surface area contributed by atoms with Crippen molar-refractivity contribution >= 4 is 19.9 Å². The van der Waals surface area contributed by atoms with Crippen LogP contribution in [0.25, 0.3) is 0 Å². The molecule has 0 unspecified atom stereocenters. The van der Waals surface area contributed by atoms with Crippen molar-refractivity contribution in [3.8, 4) is 0 Å². The second-order valence-electron chi connectivity index (χ2n) is 6.25. The Hall–Kier alpha value is -1.74. The molecule has 1 fully saturated rings. The van der Waals surface area contributed by atoms with Gasteiger partial charge in [0.1, 0.15) is 0 Å². The van der Waals surface area contributed by atoms with Gasteiger partial charge < -0.3 is 4.74 Å². The lowest BCUT2D eigenvalue weighted by Gasteiger charge is -2.23. The predicted molar refractivity (Wildman–Crippen MR) is 97.2 cm³/mol. The molecule has 140 valence electrons. The average molecular weight is 396 g/mol. The van der Waals surface area contributed by atoms with Gasteiger partial charge in [0.05, 0.1) is 14.7 Å². The van der Waals surface area contributed by atoms with Crippen LogP contribution in [0.1, 0.15) is 18.4 Å². The van der Waals surface area contributed by atoms with Gasteiger partial charge in [-0.2, -0.15) is 0 Å². The third-order valence-electron chi connectivity index (χ3n) is 4.36. The molecule has 26 heavy (non-hydrogen) atoms. The zero-order valence-corrected chi connectivity index (χ0v) is 16.0. The zero-order chi connectivity index (χ0) is 18.8. The molecular weight excluding hydrogens is 374 g/mol. The van der Waals surface area contributed by atoms with Gasteiger partial charge in [0, 0.05) is 19.3 Å². The number of aryl methyl sites for hydroxylation is 1. The van der Waals surface area contributed by atoms with E-state index in [1.54, 1.807) is 25.1 Å². The molecule has 8 heteroatoms. The molecular formula is C18H21NO5S2. The number of hydrogen-bond acceptors (Lipinski definition) is 5. The quantitative estimate of drug-likeness (QED) is 0.839. The van der Waals surface area contributed by atoms with E-state index in [2.05, 4.69) is 4.72 Å². The van der Waals surface area contributed by atoms with Crippen LogP contribution in [0, 0.1) is 6.92 Å².